The van der Waals surface area contributed by atoms with Crippen molar-refractivity contribution in [2.45, 2.75) is 0 Å². The van der Waals surface area contributed by atoms with E-state index in [0.717, 1.165) is 16.8 Å². The van der Waals surface area contributed by atoms with E-state index in [1.807, 2.05) is 17.8 Å². The molecule has 0 aromatic carbocycles. The van der Waals surface area contributed by atoms with Gasteiger partial charge in [-0.05, 0) is 5.57 Å². The second-order valence-electron chi connectivity index (χ2n) is 2.97. The Labute approximate surface area is 89.2 Å². The van der Waals surface area contributed by atoms with Crippen molar-refractivity contribution in [2.24, 2.45) is 12.0 Å². The molecule has 1 heterocycles. The van der Waals surface area contributed by atoms with Crippen LogP contribution in [0, 0.1) is 0 Å². The highest BCUT2D eigenvalue weighted by Gasteiger charge is 2.11. The highest BCUT2D eigenvalue weighted by molar-refractivity contribution is 6.33. The van der Waals surface area contributed by atoms with Crippen LogP contribution in [0.25, 0.3) is 5.57 Å². The Balaban J connectivity index is 3.38. The molecule has 1 aromatic rings. The van der Waals surface area contributed by atoms with Crippen LogP contribution in [0.5, 0.6) is 0 Å². The zero-order chi connectivity index (χ0) is 10.7. The third kappa shape index (κ3) is 1.80. The minimum absolute atomic E-state index is 0.677. The molecule has 74 valence electrons. The molecular formula is C11H13ClN2. The number of hydrogen-bond acceptors (Lipinski definition) is 1. The number of halogens is 1. The summed E-state index contributed by atoms with van der Waals surface area (Å²) in [6, 6.07) is 0. The van der Waals surface area contributed by atoms with Gasteiger partial charge in [-0.15, -0.1) is 0 Å². The second kappa shape index (κ2) is 4.29. The summed E-state index contributed by atoms with van der Waals surface area (Å²) in [6.07, 6.45) is 5.27. The first-order valence-corrected chi connectivity index (χ1v) is 4.58. The molecular weight excluding hydrogens is 196 g/mol. The first kappa shape index (κ1) is 10.8. The molecule has 14 heavy (non-hydrogen) atoms. The van der Waals surface area contributed by atoms with E-state index in [4.69, 9.17) is 11.6 Å². The lowest BCUT2D eigenvalue weighted by molar-refractivity contribution is 0.910. The molecule has 0 spiro atoms. The highest BCUT2D eigenvalue weighted by atomic mass is 35.5. The lowest BCUT2D eigenvalue weighted by Crippen LogP contribution is -1.95. The molecule has 0 N–H and O–H groups in total. The van der Waals surface area contributed by atoms with Crippen LogP contribution in [0.2, 0.25) is 5.02 Å². The summed E-state index contributed by atoms with van der Waals surface area (Å²) in [5.74, 6) is 0. The van der Waals surface area contributed by atoms with Gasteiger partial charge in [-0.3, -0.25) is 4.99 Å². The lowest BCUT2D eigenvalue weighted by Gasteiger charge is -2.03. The van der Waals surface area contributed by atoms with Crippen LogP contribution in [0.4, 0.5) is 0 Å². The van der Waals surface area contributed by atoms with Gasteiger partial charge < -0.3 is 4.57 Å². The second-order valence-corrected chi connectivity index (χ2v) is 3.37. The summed E-state index contributed by atoms with van der Waals surface area (Å²) in [5.41, 5.74) is 2.69. The molecule has 0 amide bonds. The van der Waals surface area contributed by atoms with Gasteiger partial charge in [-0.25, -0.2) is 0 Å². The van der Waals surface area contributed by atoms with Gasteiger partial charge >= 0.3 is 0 Å². The molecule has 0 atom stereocenters. The Hall–Kier alpha value is -1.28. The molecule has 1 rings (SSSR count). The quantitative estimate of drug-likeness (QED) is 0.537. The molecule has 0 bridgehead atoms. The van der Waals surface area contributed by atoms with Crippen molar-refractivity contribution in [3.05, 3.63) is 41.7 Å². The Kier molecular flexibility index (Phi) is 3.31. The van der Waals surface area contributed by atoms with Crippen molar-refractivity contribution in [1.82, 2.24) is 4.57 Å². The van der Waals surface area contributed by atoms with E-state index in [1.165, 1.54) is 0 Å². The van der Waals surface area contributed by atoms with E-state index in [1.54, 1.807) is 19.3 Å². The first-order chi connectivity index (χ1) is 6.61. The fraction of sp³-hybridized carbons (Fsp3) is 0.182. The zero-order valence-electron chi connectivity index (χ0n) is 8.42. The fourth-order valence-corrected chi connectivity index (χ4v) is 1.64. The summed E-state index contributed by atoms with van der Waals surface area (Å²) < 4.78 is 1.92. The molecule has 0 saturated carbocycles. The standard InChI is InChI=1S/C11H13ClN2/c1-5-8(2)11-9(6-13-3)10(12)7-14(11)4/h5-7H,1-2H2,3-4H3. The maximum absolute atomic E-state index is 6.04. The van der Waals surface area contributed by atoms with Crippen molar-refractivity contribution in [3.63, 3.8) is 0 Å². The Morgan fingerprint density at radius 3 is 2.79 bits per heavy atom. The number of aryl methyl sites for hydroxylation is 1. The normalized spacial score (nSPS) is 10.8. The summed E-state index contributed by atoms with van der Waals surface area (Å²) >= 11 is 6.04. The SMILES string of the molecule is C=CC(=C)c1c(C=NC)c(Cl)cn1C. The molecule has 0 saturated heterocycles. The molecule has 3 heteroatoms. The summed E-state index contributed by atoms with van der Waals surface area (Å²) in [7, 11) is 3.63. The Morgan fingerprint density at radius 1 is 1.64 bits per heavy atom. The molecule has 0 aliphatic carbocycles. The number of rotatable bonds is 3. The predicted octanol–water partition coefficient (Wildman–Crippen LogP) is 2.93. The van der Waals surface area contributed by atoms with E-state index < -0.39 is 0 Å². The van der Waals surface area contributed by atoms with E-state index in [9.17, 15) is 0 Å². The van der Waals surface area contributed by atoms with Crippen molar-refractivity contribution >= 4 is 23.4 Å². The van der Waals surface area contributed by atoms with Crippen LogP contribution < -0.4 is 0 Å². The van der Waals surface area contributed by atoms with Gasteiger partial charge in [0, 0.05) is 32.1 Å². The number of aliphatic imine (C=N–C) groups is 1. The van der Waals surface area contributed by atoms with E-state index >= 15 is 0 Å². The van der Waals surface area contributed by atoms with Crippen molar-refractivity contribution in [1.29, 1.82) is 0 Å². The third-order valence-corrected chi connectivity index (χ3v) is 2.28. The number of nitrogens with zero attached hydrogens (tertiary/aromatic N) is 2. The lowest BCUT2D eigenvalue weighted by atomic mass is 10.1. The average Bonchev–Trinajstić information content (AvgIpc) is 2.42. The maximum Gasteiger partial charge on any atom is 0.0676 e. The summed E-state index contributed by atoms with van der Waals surface area (Å²) in [4.78, 5) is 3.96. The summed E-state index contributed by atoms with van der Waals surface area (Å²) in [6.45, 7) is 7.59. The molecule has 1 aromatic heterocycles. The Bertz CT molecular complexity index is 400. The van der Waals surface area contributed by atoms with Crippen molar-refractivity contribution < 1.29 is 0 Å². The topological polar surface area (TPSA) is 17.3 Å². The van der Waals surface area contributed by atoms with Gasteiger partial charge in [0.2, 0.25) is 0 Å². The van der Waals surface area contributed by atoms with Crippen LogP contribution in [-0.4, -0.2) is 17.8 Å². The largest absolute Gasteiger partial charge is 0.348 e. The minimum Gasteiger partial charge on any atom is -0.348 e. The molecule has 0 aliphatic rings. The first-order valence-electron chi connectivity index (χ1n) is 4.20. The molecule has 2 nitrogen and oxygen atoms in total. The van der Waals surface area contributed by atoms with Gasteiger partial charge in [0.05, 0.1) is 10.7 Å². The van der Waals surface area contributed by atoms with Gasteiger partial charge in [0.1, 0.15) is 0 Å². The molecule has 0 fully saturated rings. The number of hydrogen-bond donors (Lipinski definition) is 0. The van der Waals surface area contributed by atoms with Crippen LogP contribution in [0.3, 0.4) is 0 Å². The van der Waals surface area contributed by atoms with E-state index in [0.29, 0.717) is 5.02 Å². The van der Waals surface area contributed by atoms with Gasteiger partial charge in [0.25, 0.3) is 0 Å². The van der Waals surface area contributed by atoms with Crippen molar-refractivity contribution in [3.8, 4) is 0 Å². The van der Waals surface area contributed by atoms with Crippen molar-refractivity contribution in [2.75, 3.05) is 7.05 Å². The molecule has 0 unspecified atom stereocenters. The van der Waals surface area contributed by atoms with E-state index in [2.05, 4.69) is 18.2 Å². The van der Waals surface area contributed by atoms with Gasteiger partial charge in [-0.1, -0.05) is 30.8 Å². The fourth-order valence-electron chi connectivity index (χ4n) is 1.36. The number of allylic oxidation sites excluding steroid dienone is 2. The van der Waals surface area contributed by atoms with Gasteiger partial charge in [-0.2, -0.15) is 0 Å². The smallest absolute Gasteiger partial charge is 0.0676 e. The predicted molar refractivity (Wildman–Crippen MR) is 63.2 cm³/mol. The minimum atomic E-state index is 0.677. The maximum atomic E-state index is 6.04. The van der Waals surface area contributed by atoms with Gasteiger partial charge in [0.15, 0.2) is 0 Å². The van der Waals surface area contributed by atoms with Crippen LogP contribution in [-0.2, 0) is 7.05 Å². The zero-order valence-corrected chi connectivity index (χ0v) is 9.17. The van der Waals surface area contributed by atoms with Crippen LogP contribution in [0.1, 0.15) is 11.3 Å². The van der Waals surface area contributed by atoms with Crippen LogP contribution >= 0.6 is 11.6 Å². The monoisotopic (exact) mass is 208 g/mol. The Morgan fingerprint density at radius 2 is 2.29 bits per heavy atom. The molecule has 0 aliphatic heterocycles. The van der Waals surface area contributed by atoms with Crippen LogP contribution in [0.15, 0.2) is 30.4 Å². The average molecular weight is 209 g/mol. The highest BCUT2D eigenvalue weighted by Crippen LogP contribution is 2.25. The molecule has 0 radical (unpaired) electrons. The number of aromatic nitrogens is 1. The van der Waals surface area contributed by atoms with E-state index in [-0.39, 0.29) is 0 Å². The third-order valence-electron chi connectivity index (χ3n) is 1.98. The summed E-state index contributed by atoms with van der Waals surface area (Å²) in [5, 5.41) is 0.677.